The van der Waals surface area contributed by atoms with Crippen LogP contribution in [0.4, 0.5) is 0 Å². The molecule has 2 aromatic carbocycles. The Kier molecular flexibility index (Phi) is 6.11. The number of hydrogen-bond donors (Lipinski definition) is 0. The Hall–Kier alpha value is -3.12. The first-order chi connectivity index (χ1) is 13.5. The minimum absolute atomic E-state index is 0.316. The molecule has 1 aromatic heterocycles. The summed E-state index contributed by atoms with van der Waals surface area (Å²) in [5.74, 6) is 0.334. The second-order valence-electron chi connectivity index (χ2n) is 6.09. The zero-order valence-electron chi connectivity index (χ0n) is 15.4. The van der Waals surface area contributed by atoms with Gasteiger partial charge in [-0.2, -0.15) is 0 Å². The van der Waals surface area contributed by atoms with Gasteiger partial charge in [-0.05, 0) is 50.2 Å². The molecule has 0 atom stereocenters. The highest BCUT2D eigenvalue weighted by Gasteiger charge is 2.14. The van der Waals surface area contributed by atoms with Gasteiger partial charge in [0, 0.05) is 5.56 Å². The quantitative estimate of drug-likeness (QED) is 0.428. The molecule has 0 N–H and O–H groups in total. The zero-order chi connectivity index (χ0) is 20.1. The van der Waals surface area contributed by atoms with E-state index in [9.17, 15) is 9.59 Å². The van der Waals surface area contributed by atoms with Gasteiger partial charge in [0.15, 0.2) is 6.61 Å². The van der Waals surface area contributed by atoms with Crippen molar-refractivity contribution in [2.45, 2.75) is 20.5 Å². The van der Waals surface area contributed by atoms with Crippen molar-refractivity contribution in [3.05, 3.63) is 81.7 Å². The van der Waals surface area contributed by atoms with Crippen molar-refractivity contribution in [3.8, 4) is 5.75 Å². The lowest BCUT2D eigenvalue weighted by molar-refractivity contribution is 0.0474. The summed E-state index contributed by atoms with van der Waals surface area (Å²) in [6.45, 7) is 3.60. The van der Waals surface area contributed by atoms with Gasteiger partial charge in [-0.3, -0.25) is 4.79 Å². The number of rotatable bonds is 7. The van der Waals surface area contributed by atoms with Gasteiger partial charge in [-0.15, -0.1) is 0 Å². The Bertz CT molecular complexity index is 975. The van der Waals surface area contributed by atoms with Gasteiger partial charge in [0.2, 0.25) is 5.78 Å². The second kappa shape index (κ2) is 8.71. The van der Waals surface area contributed by atoms with Gasteiger partial charge in [-0.25, -0.2) is 4.79 Å². The van der Waals surface area contributed by atoms with Crippen molar-refractivity contribution in [3.63, 3.8) is 0 Å². The lowest BCUT2D eigenvalue weighted by Gasteiger charge is -2.08. The first kappa shape index (κ1) is 19.6. The van der Waals surface area contributed by atoms with E-state index in [1.807, 2.05) is 13.8 Å². The van der Waals surface area contributed by atoms with E-state index in [2.05, 4.69) is 5.16 Å². The third-order valence-electron chi connectivity index (χ3n) is 4.16. The third-order valence-corrected chi connectivity index (χ3v) is 4.49. The summed E-state index contributed by atoms with van der Waals surface area (Å²) in [7, 11) is 0. The molecule has 0 bridgehead atoms. The fourth-order valence-electron chi connectivity index (χ4n) is 2.53. The molecule has 0 unspecified atom stereocenters. The number of halogens is 1. The Labute approximate surface area is 167 Å². The smallest absolute Gasteiger partial charge is 0.338 e. The summed E-state index contributed by atoms with van der Waals surface area (Å²) in [5, 5.41) is 4.20. The van der Waals surface area contributed by atoms with E-state index in [4.69, 9.17) is 25.6 Å². The fourth-order valence-corrected chi connectivity index (χ4v) is 2.77. The number of hydrogen-bond acceptors (Lipinski definition) is 6. The van der Waals surface area contributed by atoms with E-state index in [-0.39, 0.29) is 12.4 Å². The van der Waals surface area contributed by atoms with Crippen LogP contribution in [0.3, 0.4) is 0 Å². The Morgan fingerprint density at radius 1 is 1.07 bits per heavy atom. The highest BCUT2D eigenvalue weighted by molar-refractivity contribution is 6.34. The maximum Gasteiger partial charge on any atom is 0.338 e. The number of benzene rings is 2. The molecule has 28 heavy (non-hydrogen) atoms. The lowest BCUT2D eigenvalue weighted by Crippen LogP contribution is -2.14. The summed E-state index contributed by atoms with van der Waals surface area (Å²) < 4.78 is 15.9. The van der Waals surface area contributed by atoms with Crippen LogP contribution in [0.5, 0.6) is 5.75 Å². The van der Waals surface area contributed by atoms with Crippen molar-refractivity contribution in [1.29, 1.82) is 0 Å². The predicted octanol–water partition coefficient (Wildman–Crippen LogP) is 4.56. The number of carbonyl (C=O) groups excluding carboxylic acids is 2. The molecular formula is C21H18ClNO5. The van der Waals surface area contributed by atoms with Crippen molar-refractivity contribution in [1.82, 2.24) is 5.16 Å². The molecule has 0 amide bonds. The van der Waals surface area contributed by atoms with Crippen molar-refractivity contribution in [2.24, 2.45) is 0 Å². The molecule has 3 rings (SSSR count). The Morgan fingerprint density at radius 3 is 2.43 bits per heavy atom. The molecule has 0 aliphatic heterocycles. The Balaban J connectivity index is 1.55. The first-order valence-electron chi connectivity index (χ1n) is 8.55. The number of aromatic nitrogens is 1. The molecule has 7 heteroatoms. The fraction of sp³-hybridized carbons (Fsp3) is 0.190. The molecule has 3 aromatic rings. The standard InChI is InChI=1S/C21H18ClNO5/c1-13-18(14(2)28-23-13)11-26-16-9-7-15(8-10-16)21(25)27-12-20(24)17-5-3-4-6-19(17)22/h3-10H,11-12H2,1-2H3. The SMILES string of the molecule is Cc1noc(C)c1COc1ccc(C(=O)OCC(=O)c2ccccc2Cl)cc1. The maximum absolute atomic E-state index is 12.1. The van der Waals surface area contributed by atoms with Crippen LogP contribution in [0, 0.1) is 13.8 Å². The normalized spacial score (nSPS) is 10.5. The summed E-state index contributed by atoms with van der Waals surface area (Å²) >= 11 is 5.97. The molecule has 1 heterocycles. The molecule has 0 aliphatic rings. The average molecular weight is 400 g/mol. The average Bonchev–Trinajstić information content (AvgIpc) is 3.02. The number of ketones is 1. The molecule has 6 nitrogen and oxygen atoms in total. The minimum atomic E-state index is -0.599. The van der Waals surface area contributed by atoms with Crippen LogP contribution < -0.4 is 4.74 Å². The number of esters is 1. The predicted molar refractivity (Wildman–Crippen MR) is 103 cm³/mol. The van der Waals surface area contributed by atoms with Gasteiger partial charge < -0.3 is 14.0 Å². The monoisotopic (exact) mass is 399 g/mol. The van der Waals surface area contributed by atoms with Crippen molar-refractivity contribution < 1.29 is 23.6 Å². The van der Waals surface area contributed by atoms with Gasteiger partial charge in [0.1, 0.15) is 18.1 Å². The summed E-state index contributed by atoms with van der Waals surface area (Å²) in [6.07, 6.45) is 0. The topological polar surface area (TPSA) is 78.6 Å². The van der Waals surface area contributed by atoms with Crippen LogP contribution in [-0.2, 0) is 11.3 Å². The van der Waals surface area contributed by atoms with E-state index < -0.39 is 5.97 Å². The minimum Gasteiger partial charge on any atom is -0.489 e. The van der Waals surface area contributed by atoms with E-state index in [1.165, 1.54) is 0 Å². The molecular weight excluding hydrogens is 382 g/mol. The van der Waals surface area contributed by atoms with Crippen LogP contribution in [0.1, 0.15) is 37.7 Å². The number of nitrogens with zero attached hydrogens (tertiary/aromatic N) is 1. The summed E-state index contributed by atoms with van der Waals surface area (Å²) in [6, 6.07) is 13.1. The molecule has 0 spiro atoms. The van der Waals surface area contributed by atoms with E-state index in [0.717, 1.165) is 11.3 Å². The largest absolute Gasteiger partial charge is 0.489 e. The molecule has 0 fully saturated rings. The Morgan fingerprint density at radius 2 is 1.79 bits per heavy atom. The van der Waals surface area contributed by atoms with Crippen LogP contribution in [-0.4, -0.2) is 23.5 Å². The molecule has 0 aliphatic carbocycles. The maximum atomic E-state index is 12.1. The summed E-state index contributed by atoms with van der Waals surface area (Å²) in [4.78, 5) is 24.3. The van der Waals surface area contributed by atoms with Gasteiger partial charge in [0.25, 0.3) is 0 Å². The van der Waals surface area contributed by atoms with E-state index in [0.29, 0.717) is 34.3 Å². The van der Waals surface area contributed by atoms with E-state index in [1.54, 1.807) is 48.5 Å². The number of aryl methyl sites for hydroxylation is 2. The number of Topliss-reactive ketones (excluding diaryl/α,β-unsaturated/α-hetero) is 1. The van der Waals surface area contributed by atoms with Gasteiger partial charge >= 0.3 is 5.97 Å². The molecule has 0 saturated carbocycles. The van der Waals surface area contributed by atoms with Crippen LogP contribution >= 0.6 is 11.6 Å². The van der Waals surface area contributed by atoms with Crippen molar-refractivity contribution in [2.75, 3.05) is 6.61 Å². The molecule has 0 radical (unpaired) electrons. The van der Waals surface area contributed by atoms with Gasteiger partial charge in [0.05, 0.1) is 21.8 Å². The second-order valence-corrected chi connectivity index (χ2v) is 6.50. The van der Waals surface area contributed by atoms with Crippen LogP contribution in [0.25, 0.3) is 0 Å². The highest BCUT2D eigenvalue weighted by Crippen LogP contribution is 2.19. The summed E-state index contributed by atoms with van der Waals surface area (Å²) in [5.41, 5.74) is 2.30. The third kappa shape index (κ3) is 4.58. The molecule has 144 valence electrons. The lowest BCUT2D eigenvalue weighted by atomic mass is 10.1. The van der Waals surface area contributed by atoms with E-state index >= 15 is 0 Å². The highest BCUT2D eigenvalue weighted by atomic mass is 35.5. The van der Waals surface area contributed by atoms with Crippen molar-refractivity contribution >= 4 is 23.4 Å². The number of carbonyl (C=O) groups is 2. The first-order valence-corrected chi connectivity index (χ1v) is 8.93. The van der Waals surface area contributed by atoms with Gasteiger partial charge in [-0.1, -0.05) is 28.9 Å². The number of ether oxygens (including phenoxy) is 2. The van der Waals surface area contributed by atoms with Crippen LogP contribution in [0.15, 0.2) is 53.1 Å². The molecule has 0 saturated heterocycles. The van der Waals surface area contributed by atoms with Crippen LogP contribution in [0.2, 0.25) is 5.02 Å². The zero-order valence-corrected chi connectivity index (χ0v) is 16.2.